The number of primary amides is 1. The van der Waals surface area contributed by atoms with Crippen molar-refractivity contribution in [1.82, 2.24) is 15.1 Å². The van der Waals surface area contributed by atoms with E-state index in [-0.39, 0.29) is 29.7 Å². The number of aliphatic hydroxyl groups is 3. The number of rotatable bonds is 6. The maximum atomic E-state index is 14.3. The number of aromatic hydroxyl groups is 1. The third-order valence-electron chi connectivity index (χ3n) is 10.4. The second-order valence-electron chi connectivity index (χ2n) is 13.4. The largest absolute Gasteiger partial charge is 0.510 e. The fraction of sp³-hybridized carbons (Fsp3) is 0.457. The minimum atomic E-state index is -2.66. The molecule has 3 aliphatic carbocycles. The van der Waals surface area contributed by atoms with Crippen molar-refractivity contribution in [2.45, 2.75) is 50.3 Å². The summed E-state index contributed by atoms with van der Waals surface area (Å²) in [6.45, 7) is 4.88. The number of aliphatic hydroxyl groups excluding tert-OH is 2. The molecule has 0 spiro atoms. The van der Waals surface area contributed by atoms with E-state index in [0.29, 0.717) is 23.6 Å². The van der Waals surface area contributed by atoms with Gasteiger partial charge in [-0.2, -0.15) is 0 Å². The Kier molecular flexibility index (Phi) is 8.08. The molecular weight excluding hydrogens is 588 g/mol. The van der Waals surface area contributed by atoms with Crippen molar-refractivity contribution in [3.63, 3.8) is 0 Å². The monoisotopic (exact) mass is 630 g/mol. The molecule has 5 unspecified atom stereocenters. The number of phenols is 1. The number of hydrogen-bond acceptors (Lipinski definition) is 10. The molecule has 1 fully saturated rings. The van der Waals surface area contributed by atoms with Gasteiger partial charge in [-0.15, -0.1) is 0 Å². The number of carbonyl (C=O) groups excluding carboxylic acids is 3. The number of fused-ring (bicyclic) bond motifs is 3. The summed E-state index contributed by atoms with van der Waals surface area (Å²) in [4.78, 5) is 43.9. The number of benzene rings is 2. The molecule has 0 aromatic heterocycles. The molecule has 0 radical (unpaired) electrons. The molecule has 6 rings (SSSR count). The van der Waals surface area contributed by atoms with Gasteiger partial charge in [0, 0.05) is 42.7 Å². The van der Waals surface area contributed by atoms with Crippen LogP contribution in [0, 0.1) is 11.8 Å². The molecule has 0 saturated carbocycles. The predicted octanol–water partition coefficient (Wildman–Crippen LogP) is 1.80. The first-order chi connectivity index (χ1) is 21.8. The average molecular weight is 631 g/mol. The number of aryl methyl sites for hydroxylation is 1. The summed E-state index contributed by atoms with van der Waals surface area (Å²) < 4.78 is 0. The lowest BCUT2D eigenvalue weighted by Gasteiger charge is -2.50. The van der Waals surface area contributed by atoms with Crippen LogP contribution in [0.3, 0.4) is 0 Å². The molecule has 1 heterocycles. The van der Waals surface area contributed by atoms with E-state index in [1.807, 2.05) is 37.3 Å². The molecule has 0 bridgehead atoms. The van der Waals surface area contributed by atoms with Crippen LogP contribution >= 0.6 is 0 Å². The van der Waals surface area contributed by atoms with E-state index in [1.54, 1.807) is 19.0 Å². The zero-order valence-electron chi connectivity index (χ0n) is 26.6. The van der Waals surface area contributed by atoms with Crippen molar-refractivity contribution in [3.8, 4) is 16.9 Å². The Morgan fingerprint density at radius 2 is 1.85 bits per heavy atom. The number of phenolic OH excluding ortho intramolecular Hbond substituents is 1. The summed E-state index contributed by atoms with van der Waals surface area (Å²) in [5.74, 6) is -6.50. The molecule has 5 atom stereocenters. The third kappa shape index (κ3) is 4.84. The molecular formula is C35H42N4O7. The number of Topliss-reactive ketones (excluding diaryl/α,β-unsaturated/α-hetero) is 2. The van der Waals surface area contributed by atoms with Crippen LogP contribution < -0.4 is 11.1 Å². The first-order valence-electron chi connectivity index (χ1n) is 15.8. The Hall–Kier alpha value is -4.03. The fourth-order valence-corrected chi connectivity index (χ4v) is 8.16. The SMILES string of the molecule is CCc1cc(-c2ccc(CC3CN(C)CCN3)cc2)c(O)c2c1CC1CC3C(N(C)C)C(O)=C(C(N)=O)C(=O)C3(O)C(O)=C1C2=O. The number of ketones is 2. The van der Waals surface area contributed by atoms with Crippen LogP contribution in [0.15, 0.2) is 53.0 Å². The van der Waals surface area contributed by atoms with E-state index in [4.69, 9.17) is 5.73 Å². The molecule has 11 nitrogen and oxygen atoms in total. The molecule has 2 aromatic rings. The Morgan fingerprint density at radius 3 is 2.46 bits per heavy atom. The summed E-state index contributed by atoms with van der Waals surface area (Å²) >= 11 is 0. The van der Waals surface area contributed by atoms with Gasteiger partial charge >= 0.3 is 0 Å². The Morgan fingerprint density at radius 1 is 1.15 bits per heavy atom. The Balaban J connectivity index is 1.41. The summed E-state index contributed by atoms with van der Waals surface area (Å²) in [7, 11) is 5.33. The number of piperazine rings is 1. The third-order valence-corrected chi connectivity index (χ3v) is 10.4. The number of allylic oxidation sites excluding steroid dienone is 1. The van der Waals surface area contributed by atoms with E-state index in [9.17, 15) is 34.8 Å². The standard InChI is InChI=1S/C35H42N4O7/c1-5-18-13-23(19-8-6-17(7-9-19)12-21-16-39(4)11-10-37-21)29(40)26-22(18)14-20-15-24-28(38(2)3)31(42)27(34(36)45)33(44)35(24,46)32(43)25(20)30(26)41/h6-9,13,20-21,24,28,37,40,42-43,46H,5,10-12,14-16H2,1-4H3,(H2,36,45). The van der Waals surface area contributed by atoms with Crippen LogP contribution in [0.2, 0.25) is 0 Å². The predicted molar refractivity (Wildman–Crippen MR) is 171 cm³/mol. The van der Waals surface area contributed by atoms with Crippen molar-refractivity contribution in [2.24, 2.45) is 17.6 Å². The molecule has 7 N–H and O–H groups in total. The highest BCUT2D eigenvalue weighted by Gasteiger charge is 2.63. The van der Waals surface area contributed by atoms with E-state index in [0.717, 1.165) is 42.7 Å². The number of nitrogens with zero attached hydrogens (tertiary/aromatic N) is 2. The van der Waals surface area contributed by atoms with E-state index in [2.05, 4.69) is 17.3 Å². The highest BCUT2D eigenvalue weighted by molar-refractivity contribution is 6.25. The Bertz CT molecular complexity index is 1700. The summed E-state index contributed by atoms with van der Waals surface area (Å²) in [5, 5.41) is 49.7. The van der Waals surface area contributed by atoms with Crippen molar-refractivity contribution in [2.75, 3.05) is 40.8 Å². The number of hydrogen-bond donors (Lipinski definition) is 6. The van der Waals surface area contributed by atoms with E-state index < -0.39 is 58.0 Å². The first-order valence-corrected chi connectivity index (χ1v) is 15.8. The molecule has 1 aliphatic heterocycles. The van der Waals surface area contributed by atoms with Gasteiger partial charge in [0.1, 0.15) is 22.8 Å². The second-order valence-corrected chi connectivity index (χ2v) is 13.4. The Labute approximate surface area is 268 Å². The molecule has 46 heavy (non-hydrogen) atoms. The number of amides is 1. The van der Waals surface area contributed by atoms with Crippen LogP contribution in [-0.4, -0.2) is 106 Å². The lowest BCUT2D eigenvalue weighted by Crippen LogP contribution is -2.63. The topological polar surface area (TPSA) is 177 Å². The molecule has 2 aromatic carbocycles. The normalized spacial score (nSPS) is 28.3. The van der Waals surface area contributed by atoms with Crippen molar-refractivity contribution in [3.05, 3.63) is 75.3 Å². The van der Waals surface area contributed by atoms with Crippen molar-refractivity contribution in [1.29, 1.82) is 0 Å². The van der Waals surface area contributed by atoms with Gasteiger partial charge in [0.15, 0.2) is 11.4 Å². The summed E-state index contributed by atoms with van der Waals surface area (Å²) in [6, 6.07) is 9.12. The van der Waals surface area contributed by atoms with Crippen LogP contribution in [0.25, 0.3) is 11.1 Å². The molecule has 1 amide bonds. The summed E-state index contributed by atoms with van der Waals surface area (Å²) in [6.07, 6.45) is 1.77. The van der Waals surface area contributed by atoms with Gasteiger partial charge in [0.25, 0.3) is 5.91 Å². The minimum absolute atomic E-state index is 0.0358. The zero-order chi connectivity index (χ0) is 33.2. The minimum Gasteiger partial charge on any atom is -0.510 e. The van der Waals surface area contributed by atoms with Gasteiger partial charge in [0.05, 0.1) is 11.6 Å². The lowest BCUT2D eigenvalue weighted by molar-refractivity contribution is -0.148. The van der Waals surface area contributed by atoms with Gasteiger partial charge in [-0.1, -0.05) is 31.2 Å². The van der Waals surface area contributed by atoms with E-state index >= 15 is 0 Å². The second kappa shape index (κ2) is 11.6. The number of carbonyl (C=O) groups is 3. The van der Waals surface area contributed by atoms with Crippen molar-refractivity contribution >= 4 is 17.5 Å². The van der Waals surface area contributed by atoms with Crippen LogP contribution in [0.4, 0.5) is 0 Å². The molecule has 11 heteroatoms. The average Bonchev–Trinajstić information content (AvgIpc) is 2.99. The molecule has 4 aliphatic rings. The molecule has 244 valence electrons. The van der Waals surface area contributed by atoms with E-state index in [1.165, 1.54) is 0 Å². The van der Waals surface area contributed by atoms with Crippen LogP contribution in [0.1, 0.15) is 40.4 Å². The van der Waals surface area contributed by atoms with Gasteiger partial charge in [0.2, 0.25) is 5.78 Å². The summed E-state index contributed by atoms with van der Waals surface area (Å²) in [5.41, 5.74) is 5.71. The highest BCUT2D eigenvalue weighted by Crippen LogP contribution is 2.53. The highest BCUT2D eigenvalue weighted by atomic mass is 16.3. The van der Waals surface area contributed by atoms with Crippen LogP contribution in [-0.2, 0) is 28.9 Å². The van der Waals surface area contributed by atoms with Crippen LogP contribution in [0.5, 0.6) is 5.75 Å². The maximum absolute atomic E-state index is 14.3. The zero-order valence-corrected chi connectivity index (χ0v) is 26.6. The quantitative estimate of drug-likeness (QED) is 0.258. The number of likely N-dealkylation sites (N-methyl/N-ethyl adjacent to an activating group) is 2. The first kappa shape index (κ1) is 31.9. The number of nitrogens with one attached hydrogen (secondary N) is 1. The maximum Gasteiger partial charge on any atom is 0.255 e. The number of nitrogens with two attached hydrogens (primary N) is 1. The van der Waals surface area contributed by atoms with Crippen molar-refractivity contribution < 1.29 is 34.8 Å². The smallest absolute Gasteiger partial charge is 0.255 e. The van der Waals surface area contributed by atoms with Gasteiger partial charge < -0.3 is 36.4 Å². The lowest BCUT2D eigenvalue weighted by atomic mass is 9.58. The fourth-order valence-electron chi connectivity index (χ4n) is 8.16. The van der Waals surface area contributed by atoms with Gasteiger partial charge in [-0.3, -0.25) is 19.3 Å². The van der Waals surface area contributed by atoms with Gasteiger partial charge in [-0.25, -0.2) is 0 Å². The molecule has 1 saturated heterocycles. The van der Waals surface area contributed by atoms with Gasteiger partial charge in [-0.05, 0) is 81.1 Å².